The summed E-state index contributed by atoms with van der Waals surface area (Å²) in [5.41, 5.74) is 3.03. The summed E-state index contributed by atoms with van der Waals surface area (Å²) < 4.78 is 13.9. The number of aromatic nitrogens is 1. The minimum Gasteiger partial charge on any atom is -0.378 e. The fourth-order valence-electron chi connectivity index (χ4n) is 2.54. The van der Waals surface area contributed by atoms with E-state index in [4.69, 9.17) is 0 Å². The van der Waals surface area contributed by atoms with E-state index in [0.29, 0.717) is 10.6 Å². The number of halogens is 1. The number of carbonyl (C=O) groups excluding carboxylic acids is 1. The third-order valence-electron chi connectivity index (χ3n) is 3.99. The number of carbonyl (C=O) groups is 1. The highest BCUT2D eigenvalue weighted by Crippen LogP contribution is 2.30. The molecular formula is C20H20FN3OS. The Labute approximate surface area is 156 Å². The lowest BCUT2D eigenvalue weighted by atomic mass is 10.2. The van der Waals surface area contributed by atoms with E-state index in [0.717, 1.165) is 21.9 Å². The summed E-state index contributed by atoms with van der Waals surface area (Å²) in [7, 11) is 3.93. The molecule has 0 aliphatic rings. The normalized spacial score (nSPS) is 10.6. The average Bonchev–Trinajstić information content (AvgIpc) is 2.96. The highest BCUT2D eigenvalue weighted by Gasteiger charge is 2.15. The van der Waals surface area contributed by atoms with Gasteiger partial charge in [-0.1, -0.05) is 12.1 Å². The van der Waals surface area contributed by atoms with Crippen molar-refractivity contribution in [3.8, 4) is 10.6 Å². The van der Waals surface area contributed by atoms with Gasteiger partial charge in [-0.2, -0.15) is 0 Å². The van der Waals surface area contributed by atoms with E-state index < -0.39 is 0 Å². The van der Waals surface area contributed by atoms with Gasteiger partial charge >= 0.3 is 0 Å². The van der Waals surface area contributed by atoms with Crippen molar-refractivity contribution in [2.45, 2.75) is 13.3 Å². The van der Waals surface area contributed by atoms with E-state index in [-0.39, 0.29) is 18.1 Å². The molecule has 1 heterocycles. The maximum absolute atomic E-state index is 13.9. The van der Waals surface area contributed by atoms with Gasteiger partial charge in [-0.05, 0) is 43.3 Å². The fraction of sp³-hybridized carbons (Fsp3) is 0.200. The maximum atomic E-state index is 13.9. The predicted molar refractivity (Wildman–Crippen MR) is 105 cm³/mol. The molecular weight excluding hydrogens is 349 g/mol. The van der Waals surface area contributed by atoms with Crippen molar-refractivity contribution in [2.24, 2.45) is 0 Å². The van der Waals surface area contributed by atoms with Crippen molar-refractivity contribution in [2.75, 3.05) is 24.3 Å². The Balaban J connectivity index is 1.71. The van der Waals surface area contributed by atoms with Gasteiger partial charge in [0.25, 0.3) is 0 Å². The van der Waals surface area contributed by atoms with Crippen LogP contribution in [-0.2, 0) is 11.2 Å². The molecule has 26 heavy (non-hydrogen) atoms. The number of hydrogen-bond acceptors (Lipinski definition) is 4. The number of benzene rings is 2. The van der Waals surface area contributed by atoms with E-state index in [1.807, 2.05) is 50.2 Å². The summed E-state index contributed by atoms with van der Waals surface area (Å²) in [6.45, 7) is 1.84. The van der Waals surface area contributed by atoms with Gasteiger partial charge in [0.2, 0.25) is 5.91 Å². The van der Waals surface area contributed by atoms with Crippen LogP contribution in [-0.4, -0.2) is 25.0 Å². The molecule has 6 heteroatoms. The molecule has 3 aromatic rings. The first kappa shape index (κ1) is 18.1. The molecule has 0 radical (unpaired) electrons. The molecule has 2 aromatic carbocycles. The number of thiazole rings is 1. The topological polar surface area (TPSA) is 45.2 Å². The van der Waals surface area contributed by atoms with Crippen LogP contribution in [0.3, 0.4) is 0 Å². The first-order valence-corrected chi connectivity index (χ1v) is 9.04. The van der Waals surface area contributed by atoms with Crippen LogP contribution in [0.15, 0.2) is 48.5 Å². The summed E-state index contributed by atoms with van der Waals surface area (Å²) >= 11 is 1.35. The molecule has 0 atom stereocenters. The summed E-state index contributed by atoms with van der Waals surface area (Å²) in [4.78, 5) is 19.6. The van der Waals surface area contributed by atoms with Crippen LogP contribution in [0, 0.1) is 12.7 Å². The Hall–Kier alpha value is -2.73. The molecule has 134 valence electrons. The molecule has 0 saturated carbocycles. The summed E-state index contributed by atoms with van der Waals surface area (Å²) in [5.74, 6) is -0.423. The van der Waals surface area contributed by atoms with Crippen LogP contribution in [0.5, 0.6) is 0 Å². The monoisotopic (exact) mass is 369 g/mol. The zero-order chi connectivity index (χ0) is 18.7. The molecule has 0 saturated heterocycles. The number of nitrogens with zero attached hydrogens (tertiary/aromatic N) is 2. The minimum absolute atomic E-state index is 0.116. The third-order valence-corrected chi connectivity index (χ3v) is 5.18. The molecule has 1 aromatic heterocycles. The Morgan fingerprint density at radius 2 is 1.85 bits per heavy atom. The lowest BCUT2D eigenvalue weighted by Crippen LogP contribution is -2.14. The van der Waals surface area contributed by atoms with Crippen LogP contribution in [0.1, 0.15) is 10.6 Å². The molecule has 1 N–H and O–H groups in total. The van der Waals surface area contributed by atoms with Crippen LogP contribution in [0.4, 0.5) is 15.8 Å². The number of nitrogens with one attached hydrogen (secondary N) is 1. The number of amides is 1. The van der Waals surface area contributed by atoms with E-state index in [2.05, 4.69) is 10.3 Å². The first-order chi connectivity index (χ1) is 12.4. The molecule has 3 rings (SSSR count). The van der Waals surface area contributed by atoms with Gasteiger partial charge < -0.3 is 10.2 Å². The highest BCUT2D eigenvalue weighted by atomic mass is 32.1. The van der Waals surface area contributed by atoms with Crippen LogP contribution >= 0.6 is 11.3 Å². The van der Waals surface area contributed by atoms with Gasteiger partial charge in [-0.3, -0.25) is 4.79 Å². The van der Waals surface area contributed by atoms with E-state index in [1.54, 1.807) is 18.2 Å². The second-order valence-electron chi connectivity index (χ2n) is 6.17. The van der Waals surface area contributed by atoms with Gasteiger partial charge in [-0.15, -0.1) is 11.3 Å². The highest BCUT2D eigenvalue weighted by molar-refractivity contribution is 7.15. The van der Waals surface area contributed by atoms with E-state index >= 15 is 0 Å². The average molecular weight is 369 g/mol. The van der Waals surface area contributed by atoms with Crippen LogP contribution in [0.2, 0.25) is 0 Å². The maximum Gasteiger partial charge on any atom is 0.229 e. The van der Waals surface area contributed by atoms with Crippen molar-refractivity contribution in [1.29, 1.82) is 0 Å². The van der Waals surface area contributed by atoms with Crippen LogP contribution in [0.25, 0.3) is 10.6 Å². The quantitative estimate of drug-likeness (QED) is 0.720. The number of rotatable bonds is 5. The molecule has 4 nitrogen and oxygen atoms in total. The van der Waals surface area contributed by atoms with Gasteiger partial charge in [0.1, 0.15) is 10.8 Å². The lowest BCUT2D eigenvalue weighted by molar-refractivity contribution is -0.115. The number of anilines is 2. The predicted octanol–water partition coefficient (Wildman–Crippen LogP) is 4.50. The molecule has 0 aliphatic carbocycles. The smallest absolute Gasteiger partial charge is 0.229 e. The second kappa shape index (κ2) is 7.66. The lowest BCUT2D eigenvalue weighted by Gasteiger charge is -2.13. The Morgan fingerprint density at radius 3 is 2.50 bits per heavy atom. The molecule has 0 fully saturated rings. The van der Waals surface area contributed by atoms with E-state index in [1.165, 1.54) is 17.4 Å². The van der Waals surface area contributed by atoms with E-state index in [9.17, 15) is 9.18 Å². The molecule has 0 unspecified atom stereocenters. The SMILES string of the molecule is Cc1nc(-c2ccccc2F)sc1CC(=O)Nc1ccc(N(C)C)cc1. The standard InChI is InChI=1S/C20H20FN3OS/c1-13-18(26-20(22-13)16-6-4-5-7-17(16)21)12-19(25)23-14-8-10-15(11-9-14)24(2)3/h4-11H,12H2,1-3H3,(H,23,25). The summed E-state index contributed by atoms with van der Waals surface area (Å²) in [6.07, 6.45) is 0.216. The molecule has 0 bridgehead atoms. The fourth-order valence-corrected chi connectivity index (χ4v) is 3.62. The number of aryl methyl sites for hydroxylation is 1. The molecule has 1 amide bonds. The van der Waals surface area contributed by atoms with Crippen molar-refractivity contribution in [3.63, 3.8) is 0 Å². The third kappa shape index (κ3) is 4.08. The Morgan fingerprint density at radius 1 is 1.15 bits per heavy atom. The second-order valence-corrected chi connectivity index (χ2v) is 7.26. The molecule has 0 spiro atoms. The summed E-state index contributed by atoms with van der Waals surface area (Å²) in [6, 6.07) is 14.2. The summed E-state index contributed by atoms with van der Waals surface area (Å²) in [5, 5.41) is 3.49. The largest absolute Gasteiger partial charge is 0.378 e. The Kier molecular flexibility index (Phi) is 5.32. The number of hydrogen-bond donors (Lipinski definition) is 1. The molecule has 0 aliphatic heterocycles. The zero-order valence-electron chi connectivity index (χ0n) is 14.9. The van der Waals surface area contributed by atoms with Gasteiger partial charge in [-0.25, -0.2) is 9.37 Å². The van der Waals surface area contributed by atoms with Crippen molar-refractivity contribution in [3.05, 3.63) is 64.9 Å². The zero-order valence-corrected chi connectivity index (χ0v) is 15.7. The minimum atomic E-state index is -0.307. The first-order valence-electron chi connectivity index (χ1n) is 8.22. The van der Waals surface area contributed by atoms with Gasteiger partial charge in [0.05, 0.1) is 12.1 Å². The van der Waals surface area contributed by atoms with Crippen molar-refractivity contribution < 1.29 is 9.18 Å². The van der Waals surface area contributed by atoms with Crippen molar-refractivity contribution in [1.82, 2.24) is 4.98 Å². The Bertz CT molecular complexity index is 919. The van der Waals surface area contributed by atoms with Gasteiger partial charge in [0, 0.05) is 35.9 Å². The van der Waals surface area contributed by atoms with Gasteiger partial charge in [0.15, 0.2) is 0 Å². The van der Waals surface area contributed by atoms with Crippen LogP contribution < -0.4 is 10.2 Å². The van der Waals surface area contributed by atoms with Crippen molar-refractivity contribution >= 4 is 28.6 Å².